The number of hydrogen-bond donors (Lipinski definition) is 0. The lowest BCUT2D eigenvalue weighted by Gasteiger charge is -2.18. The minimum Gasteiger partial charge on any atom is -0.494 e. The smallest absolute Gasteiger partial charge is 0.222 e. The van der Waals surface area contributed by atoms with Crippen LogP contribution in [0.2, 0.25) is 0 Å². The van der Waals surface area contributed by atoms with Crippen molar-refractivity contribution in [3.8, 4) is 16.9 Å². The van der Waals surface area contributed by atoms with Crippen molar-refractivity contribution in [1.82, 2.24) is 4.90 Å². The van der Waals surface area contributed by atoms with Crippen LogP contribution in [-0.4, -0.2) is 37.3 Å². The van der Waals surface area contributed by atoms with Crippen molar-refractivity contribution in [3.05, 3.63) is 52.6 Å². The summed E-state index contributed by atoms with van der Waals surface area (Å²) in [5.41, 5.74) is 6.19. The molecule has 2 aromatic carbocycles. The molecule has 0 aromatic heterocycles. The van der Waals surface area contributed by atoms with E-state index in [4.69, 9.17) is 4.74 Å². The number of carbonyl (C=O) groups excluding carboxylic acids is 2. The minimum atomic E-state index is 0.152. The van der Waals surface area contributed by atoms with Crippen molar-refractivity contribution >= 4 is 12.2 Å². The highest BCUT2D eigenvalue weighted by atomic mass is 16.5. The summed E-state index contributed by atoms with van der Waals surface area (Å²) in [6.45, 7) is 9.25. The first-order valence-electron chi connectivity index (χ1n) is 9.42. The standard InChI is InChI=1S/C23H29NO3/c1-6-22(26)24(5)11-8-12-27-20-13-16(2)23(17(3)14-20)21-10-7-9-19(15-25)18(21)4/h7,9-10,13-15H,6,8,11-12H2,1-5H3. The van der Waals surface area contributed by atoms with Crippen LogP contribution >= 0.6 is 0 Å². The van der Waals surface area contributed by atoms with Gasteiger partial charge in [0.25, 0.3) is 0 Å². The molecule has 0 atom stereocenters. The van der Waals surface area contributed by atoms with Gasteiger partial charge < -0.3 is 9.64 Å². The summed E-state index contributed by atoms with van der Waals surface area (Å²) in [6, 6.07) is 9.89. The topological polar surface area (TPSA) is 46.6 Å². The van der Waals surface area contributed by atoms with E-state index in [2.05, 4.69) is 19.9 Å². The van der Waals surface area contributed by atoms with Crippen molar-refractivity contribution in [2.75, 3.05) is 20.2 Å². The number of amides is 1. The van der Waals surface area contributed by atoms with Crippen LogP contribution in [-0.2, 0) is 4.79 Å². The van der Waals surface area contributed by atoms with E-state index in [1.165, 1.54) is 0 Å². The summed E-state index contributed by atoms with van der Waals surface area (Å²) in [6.07, 6.45) is 2.23. The molecule has 0 aliphatic heterocycles. The first-order chi connectivity index (χ1) is 12.9. The lowest BCUT2D eigenvalue weighted by atomic mass is 9.90. The van der Waals surface area contributed by atoms with Crippen molar-refractivity contribution in [3.63, 3.8) is 0 Å². The van der Waals surface area contributed by atoms with E-state index in [1.54, 1.807) is 4.90 Å². The highest BCUT2D eigenvalue weighted by Crippen LogP contribution is 2.33. The third kappa shape index (κ3) is 4.97. The van der Waals surface area contributed by atoms with Gasteiger partial charge in [-0.1, -0.05) is 25.1 Å². The van der Waals surface area contributed by atoms with E-state index in [-0.39, 0.29) is 5.91 Å². The van der Waals surface area contributed by atoms with Crippen LogP contribution in [0.15, 0.2) is 30.3 Å². The second-order valence-electron chi connectivity index (χ2n) is 6.94. The molecule has 4 heteroatoms. The molecule has 2 rings (SSSR count). The highest BCUT2D eigenvalue weighted by Gasteiger charge is 2.12. The molecule has 1 amide bonds. The van der Waals surface area contributed by atoms with Gasteiger partial charge in [-0.05, 0) is 67.1 Å². The summed E-state index contributed by atoms with van der Waals surface area (Å²) >= 11 is 0. The Labute approximate surface area is 162 Å². The first kappa shape index (κ1) is 20.7. The van der Waals surface area contributed by atoms with Gasteiger partial charge in [0.15, 0.2) is 0 Å². The largest absolute Gasteiger partial charge is 0.494 e. The van der Waals surface area contributed by atoms with Crippen LogP contribution in [0.1, 0.15) is 46.8 Å². The van der Waals surface area contributed by atoms with E-state index < -0.39 is 0 Å². The van der Waals surface area contributed by atoms with E-state index >= 15 is 0 Å². The van der Waals surface area contributed by atoms with Crippen molar-refractivity contribution in [2.45, 2.75) is 40.5 Å². The van der Waals surface area contributed by atoms with E-state index in [0.29, 0.717) is 19.6 Å². The predicted molar refractivity (Wildman–Crippen MR) is 110 cm³/mol. The van der Waals surface area contributed by atoms with Crippen molar-refractivity contribution in [1.29, 1.82) is 0 Å². The number of aldehydes is 1. The van der Waals surface area contributed by atoms with Crippen LogP contribution in [0.25, 0.3) is 11.1 Å². The molecule has 0 aliphatic rings. The van der Waals surface area contributed by atoms with Crippen molar-refractivity contribution in [2.24, 2.45) is 0 Å². The van der Waals surface area contributed by atoms with Crippen LogP contribution in [0.5, 0.6) is 5.75 Å². The molecule has 0 spiro atoms. The Morgan fingerprint density at radius 2 is 1.81 bits per heavy atom. The summed E-state index contributed by atoms with van der Waals surface area (Å²) in [7, 11) is 1.82. The van der Waals surface area contributed by atoms with Gasteiger partial charge in [-0.15, -0.1) is 0 Å². The maximum Gasteiger partial charge on any atom is 0.222 e. The lowest BCUT2D eigenvalue weighted by molar-refractivity contribution is -0.129. The second kappa shape index (κ2) is 9.36. The summed E-state index contributed by atoms with van der Waals surface area (Å²) in [5.74, 6) is 0.987. The fourth-order valence-electron chi connectivity index (χ4n) is 3.37. The fourth-order valence-corrected chi connectivity index (χ4v) is 3.37. The molecule has 0 radical (unpaired) electrons. The van der Waals surface area contributed by atoms with Gasteiger partial charge in [-0.3, -0.25) is 9.59 Å². The Morgan fingerprint density at radius 1 is 1.15 bits per heavy atom. The molecule has 2 aromatic rings. The van der Waals surface area contributed by atoms with Gasteiger partial charge in [-0.2, -0.15) is 0 Å². The van der Waals surface area contributed by atoms with Crippen LogP contribution in [0.3, 0.4) is 0 Å². The number of hydrogen-bond acceptors (Lipinski definition) is 3. The van der Waals surface area contributed by atoms with Crippen LogP contribution in [0.4, 0.5) is 0 Å². The van der Waals surface area contributed by atoms with Crippen molar-refractivity contribution < 1.29 is 14.3 Å². The highest BCUT2D eigenvalue weighted by molar-refractivity contribution is 5.84. The molecule has 4 nitrogen and oxygen atoms in total. The van der Waals surface area contributed by atoms with E-state index in [1.807, 2.05) is 45.2 Å². The Balaban J connectivity index is 2.11. The number of ether oxygens (including phenoxy) is 1. The van der Waals surface area contributed by atoms with Gasteiger partial charge in [0.1, 0.15) is 12.0 Å². The maximum atomic E-state index is 11.6. The zero-order valence-corrected chi connectivity index (χ0v) is 17.0. The first-order valence-corrected chi connectivity index (χ1v) is 9.42. The van der Waals surface area contributed by atoms with Crippen LogP contribution in [0, 0.1) is 20.8 Å². The predicted octanol–water partition coefficient (Wildman–Crippen LogP) is 4.73. The Hall–Kier alpha value is -2.62. The molecular formula is C23H29NO3. The maximum absolute atomic E-state index is 11.6. The fraction of sp³-hybridized carbons (Fsp3) is 0.391. The number of aryl methyl sites for hydroxylation is 2. The zero-order valence-electron chi connectivity index (χ0n) is 17.0. The molecule has 144 valence electrons. The van der Waals surface area contributed by atoms with Gasteiger partial charge in [-0.25, -0.2) is 0 Å². The Kier molecular flexibility index (Phi) is 7.17. The third-order valence-corrected chi connectivity index (χ3v) is 4.91. The molecule has 0 fully saturated rings. The molecule has 0 saturated heterocycles. The molecule has 0 saturated carbocycles. The third-order valence-electron chi connectivity index (χ3n) is 4.91. The Bertz CT molecular complexity index is 803. The molecule has 0 N–H and O–H groups in total. The number of carbonyl (C=O) groups is 2. The van der Waals surface area contributed by atoms with Gasteiger partial charge in [0, 0.05) is 25.6 Å². The quantitative estimate of drug-likeness (QED) is 0.501. The van der Waals surface area contributed by atoms with Gasteiger partial charge >= 0.3 is 0 Å². The molecule has 27 heavy (non-hydrogen) atoms. The molecule has 0 bridgehead atoms. The summed E-state index contributed by atoms with van der Waals surface area (Å²) in [4.78, 5) is 24.6. The van der Waals surface area contributed by atoms with Gasteiger partial charge in [0.05, 0.1) is 6.61 Å². The summed E-state index contributed by atoms with van der Waals surface area (Å²) < 4.78 is 5.90. The van der Waals surface area contributed by atoms with Crippen LogP contribution < -0.4 is 4.74 Å². The monoisotopic (exact) mass is 367 g/mol. The molecule has 0 unspecified atom stereocenters. The lowest BCUT2D eigenvalue weighted by Crippen LogP contribution is -2.27. The number of nitrogens with zero attached hydrogens (tertiary/aromatic N) is 1. The van der Waals surface area contributed by atoms with E-state index in [0.717, 1.165) is 51.8 Å². The second-order valence-corrected chi connectivity index (χ2v) is 6.94. The Morgan fingerprint density at radius 3 is 2.41 bits per heavy atom. The number of rotatable bonds is 8. The van der Waals surface area contributed by atoms with Gasteiger partial charge in [0.2, 0.25) is 5.91 Å². The normalized spacial score (nSPS) is 10.6. The minimum absolute atomic E-state index is 0.152. The molecule has 0 aliphatic carbocycles. The SMILES string of the molecule is CCC(=O)N(C)CCCOc1cc(C)c(-c2cccc(C=O)c2C)c(C)c1. The zero-order chi connectivity index (χ0) is 20.0. The van der Waals surface area contributed by atoms with E-state index in [9.17, 15) is 9.59 Å². The average Bonchev–Trinajstić information content (AvgIpc) is 2.65. The number of benzene rings is 2. The molecule has 0 heterocycles. The molecular weight excluding hydrogens is 338 g/mol. The summed E-state index contributed by atoms with van der Waals surface area (Å²) in [5, 5.41) is 0. The average molecular weight is 367 g/mol.